The maximum atomic E-state index is 12.1. The summed E-state index contributed by atoms with van der Waals surface area (Å²) >= 11 is 0. The lowest BCUT2D eigenvalue weighted by molar-refractivity contribution is -0.122. The predicted octanol–water partition coefficient (Wildman–Crippen LogP) is 5.30. The molecule has 4 aliphatic carbocycles. The number of carbonyl (C=O) groups is 1. The average Bonchev–Trinajstić information content (AvgIpc) is 3.01. The number of fused-ring (bicyclic) bond motifs is 5. The van der Waals surface area contributed by atoms with E-state index in [9.17, 15) is 4.79 Å². The minimum Gasteiger partial charge on any atom is -0.316 e. The van der Waals surface area contributed by atoms with Gasteiger partial charge in [-0.1, -0.05) is 44.1 Å². The van der Waals surface area contributed by atoms with E-state index in [1.54, 1.807) is 0 Å². The molecule has 0 aromatic carbocycles. The van der Waals surface area contributed by atoms with Gasteiger partial charge in [0.1, 0.15) is 5.78 Å². The van der Waals surface area contributed by atoms with Gasteiger partial charge in [-0.3, -0.25) is 4.79 Å². The number of ketones is 1. The third-order valence-electron chi connectivity index (χ3n) is 9.64. The van der Waals surface area contributed by atoms with Gasteiger partial charge >= 0.3 is 0 Å². The number of allylic oxidation sites excluding steroid dienone is 3. The van der Waals surface area contributed by atoms with Crippen molar-refractivity contribution in [1.82, 2.24) is 5.32 Å². The first-order valence-electron chi connectivity index (χ1n) is 11.6. The maximum Gasteiger partial charge on any atom is 0.136 e. The molecule has 2 saturated carbocycles. The Morgan fingerprint density at radius 3 is 2.74 bits per heavy atom. The zero-order valence-corrected chi connectivity index (χ0v) is 17.5. The highest BCUT2D eigenvalue weighted by molar-refractivity contribution is 5.82. The highest BCUT2D eigenvalue weighted by Gasteiger charge is 2.58. The van der Waals surface area contributed by atoms with Crippen LogP contribution in [0.2, 0.25) is 0 Å². The molecule has 5 aliphatic rings. The first-order valence-corrected chi connectivity index (χ1v) is 11.6. The van der Waals surface area contributed by atoms with Gasteiger partial charge in [-0.2, -0.15) is 0 Å². The molecule has 0 radical (unpaired) electrons. The molecule has 1 aliphatic heterocycles. The summed E-state index contributed by atoms with van der Waals surface area (Å²) in [5, 5.41) is 3.65. The minimum absolute atomic E-state index is 0.293. The lowest BCUT2D eigenvalue weighted by Crippen LogP contribution is -2.52. The zero-order chi connectivity index (χ0) is 18.8. The van der Waals surface area contributed by atoms with Crippen molar-refractivity contribution >= 4 is 5.78 Å². The molecule has 2 nitrogen and oxygen atoms in total. The fraction of sp³-hybridized carbons (Fsp3) is 0.800. The van der Waals surface area contributed by atoms with Crippen molar-refractivity contribution in [3.63, 3.8) is 0 Å². The second-order valence-electron chi connectivity index (χ2n) is 10.9. The third kappa shape index (κ3) is 2.58. The molecular weight excluding hydrogens is 330 g/mol. The Hall–Kier alpha value is -0.890. The fourth-order valence-electron chi connectivity index (χ4n) is 8.19. The van der Waals surface area contributed by atoms with Crippen molar-refractivity contribution in [2.75, 3.05) is 13.1 Å². The SMILES string of the molecule is C[C@H]1C=C2CC(=O)CC[C@]2(C)[C@H]2CC[C@]3(C)C(C4CCCNC4)=CC[C@H]3[C@H]12. The lowest BCUT2D eigenvalue weighted by atomic mass is 9.45. The highest BCUT2D eigenvalue weighted by Crippen LogP contribution is 2.66. The van der Waals surface area contributed by atoms with Gasteiger partial charge < -0.3 is 5.32 Å². The second-order valence-corrected chi connectivity index (χ2v) is 10.9. The van der Waals surface area contributed by atoms with Gasteiger partial charge in [0, 0.05) is 19.4 Å². The molecule has 2 heteroatoms. The number of carbonyl (C=O) groups excluding carboxylic acids is 1. The van der Waals surface area contributed by atoms with Crippen molar-refractivity contribution in [2.24, 2.45) is 40.4 Å². The zero-order valence-electron chi connectivity index (χ0n) is 17.5. The van der Waals surface area contributed by atoms with Gasteiger partial charge in [0.25, 0.3) is 0 Å². The molecule has 0 aromatic heterocycles. The number of piperidine rings is 1. The van der Waals surface area contributed by atoms with Gasteiger partial charge in [0.05, 0.1) is 0 Å². The van der Waals surface area contributed by atoms with Crippen molar-refractivity contribution in [1.29, 1.82) is 0 Å². The molecule has 7 atom stereocenters. The molecule has 1 saturated heterocycles. The topological polar surface area (TPSA) is 29.1 Å². The van der Waals surface area contributed by atoms with E-state index in [1.165, 1.54) is 50.8 Å². The van der Waals surface area contributed by atoms with Crippen LogP contribution >= 0.6 is 0 Å². The molecule has 0 amide bonds. The van der Waals surface area contributed by atoms with E-state index < -0.39 is 0 Å². The van der Waals surface area contributed by atoms with Crippen LogP contribution < -0.4 is 5.32 Å². The summed E-state index contributed by atoms with van der Waals surface area (Å²) in [5.41, 5.74) is 4.02. The third-order valence-corrected chi connectivity index (χ3v) is 9.64. The Labute approximate surface area is 165 Å². The molecule has 1 heterocycles. The Morgan fingerprint density at radius 2 is 1.96 bits per heavy atom. The van der Waals surface area contributed by atoms with E-state index in [2.05, 4.69) is 38.2 Å². The smallest absolute Gasteiger partial charge is 0.136 e. The molecule has 0 spiro atoms. The van der Waals surface area contributed by atoms with Crippen LogP contribution in [0.4, 0.5) is 0 Å². The second kappa shape index (κ2) is 6.31. The van der Waals surface area contributed by atoms with E-state index >= 15 is 0 Å². The predicted molar refractivity (Wildman–Crippen MR) is 110 cm³/mol. The largest absolute Gasteiger partial charge is 0.316 e. The quantitative estimate of drug-likeness (QED) is 0.637. The first-order chi connectivity index (χ1) is 12.9. The van der Waals surface area contributed by atoms with Crippen LogP contribution in [0.5, 0.6) is 0 Å². The lowest BCUT2D eigenvalue weighted by Gasteiger charge is -2.59. The van der Waals surface area contributed by atoms with Crippen LogP contribution in [-0.2, 0) is 4.79 Å². The first kappa shape index (κ1) is 18.2. The Morgan fingerprint density at radius 1 is 1.11 bits per heavy atom. The molecule has 5 rings (SSSR count). The average molecular weight is 368 g/mol. The van der Waals surface area contributed by atoms with Gasteiger partial charge in [-0.25, -0.2) is 0 Å². The van der Waals surface area contributed by atoms with Crippen LogP contribution in [0.3, 0.4) is 0 Å². The number of rotatable bonds is 1. The van der Waals surface area contributed by atoms with E-state index in [0.29, 0.717) is 22.5 Å². The number of nitrogens with one attached hydrogen (secondary N) is 1. The van der Waals surface area contributed by atoms with Crippen molar-refractivity contribution in [3.05, 3.63) is 23.3 Å². The highest BCUT2D eigenvalue weighted by atomic mass is 16.1. The van der Waals surface area contributed by atoms with Gasteiger partial charge in [-0.05, 0) is 85.5 Å². The fourth-order valence-corrected chi connectivity index (χ4v) is 8.19. The maximum absolute atomic E-state index is 12.1. The molecule has 3 fully saturated rings. The van der Waals surface area contributed by atoms with Gasteiger partial charge in [-0.15, -0.1) is 0 Å². The summed E-state index contributed by atoms with van der Waals surface area (Å²) in [6.07, 6.45) is 14.6. The van der Waals surface area contributed by atoms with Crippen molar-refractivity contribution < 1.29 is 4.79 Å². The number of Topliss-reactive ketones (excluding diaryl/α,β-unsaturated/α-hetero) is 1. The minimum atomic E-state index is 0.293. The van der Waals surface area contributed by atoms with E-state index in [-0.39, 0.29) is 0 Å². The molecule has 0 aromatic rings. The van der Waals surface area contributed by atoms with Crippen LogP contribution in [0, 0.1) is 40.4 Å². The van der Waals surface area contributed by atoms with Crippen LogP contribution in [0.1, 0.15) is 72.1 Å². The summed E-state index contributed by atoms with van der Waals surface area (Å²) in [7, 11) is 0. The Kier molecular flexibility index (Phi) is 4.24. The standard InChI is InChI=1S/C25H37NO/c1-16-13-18-14-19(27)8-10-24(18,2)22-9-11-25(3)20(6-7-21(25)23(16)22)17-5-4-12-26-15-17/h6,13,16-17,21-23,26H,4-5,7-12,14-15H2,1-3H3/t16-,17?,21-,22-,23-,24-,25+/m0/s1. The molecule has 1 N–H and O–H groups in total. The van der Waals surface area contributed by atoms with E-state index in [4.69, 9.17) is 0 Å². The summed E-state index contributed by atoms with van der Waals surface area (Å²) in [6, 6.07) is 0. The molecule has 1 unspecified atom stereocenters. The van der Waals surface area contributed by atoms with Gasteiger partial charge in [0.15, 0.2) is 0 Å². The van der Waals surface area contributed by atoms with Gasteiger partial charge in [0.2, 0.25) is 0 Å². The monoisotopic (exact) mass is 367 g/mol. The molecule has 148 valence electrons. The van der Waals surface area contributed by atoms with Crippen LogP contribution in [0.25, 0.3) is 0 Å². The Balaban J connectivity index is 1.47. The summed E-state index contributed by atoms with van der Waals surface area (Å²) < 4.78 is 0. The summed E-state index contributed by atoms with van der Waals surface area (Å²) in [4.78, 5) is 12.1. The van der Waals surface area contributed by atoms with Crippen molar-refractivity contribution in [3.8, 4) is 0 Å². The van der Waals surface area contributed by atoms with Crippen molar-refractivity contribution in [2.45, 2.75) is 72.1 Å². The molecule has 27 heavy (non-hydrogen) atoms. The number of hydrogen-bond donors (Lipinski definition) is 1. The number of hydrogen-bond acceptors (Lipinski definition) is 2. The Bertz CT molecular complexity index is 699. The van der Waals surface area contributed by atoms with Crippen LogP contribution in [0.15, 0.2) is 23.3 Å². The normalized spacial score (nSPS) is 49.6. The van der Waals surface area contributed by atoms with E-state index in [1.807, 2.05) is 5.57 Å². The summed E-state index contributed by atoms with van der Waals surface area (Å²) in [5.74, 6) is 4.28. The van der Waals surface area contributed by atoms with E-state index in [0.717, 1.165) is 42.9 Å². The summed E-state index contributed by atoms with van der Waals surface area (Å²) in [6.45, 7) is 9.97. The molecule has 0 bridgehead atoms. The molecular formula is C25H37NO. The van der Waals surface area contributed by atoms with Crippen LogP contribution in [-0.4, -0.2) is 18.9 Å².